The van der Waals surface area contributed by atoms with E-state index in [0.717, 1.165) is 16.8 Å². The van der Waals surface area contributed by atoms with Gasteiger partial charge < -0.3 is 0 Å². The lowest BCUT2D eigenvalue weighted by atomic mass is 9.82. The molecule has 1 aliphatic carbocycles. The molecule has 2 heterocycles. The summed E-state index contributed by atoms with van der Waals surface area (Å²) in [7, 11) is 0. The van der Waals surface area contributed by atoms with Crippen LogP contribution in [0.2, 0.25) is 0 Å². The summed E-state index contributed by atoms with van der Waals surface area (Å²) < 4.78 is 14.8. The van der Waals surface area contributed by atoms with E-state index in [4.69, 9.17) is 0 Å². The Labute approximate surface area is 160 Å². The van der Waals surface area contributed by atoms with E-state index in [9.17, 15) is 9.18 Å². The van der Waals surface area contributed by atoms with Crippen molar-refractivity contribution in [2.45, 2.75) is 25.7 Å². The molecule has 0 spiro atoms. The minimum Gasteiger partial charge on any atom is -0.294 e. The van der Waals surface area contributed by atoms with Crippen LogP contribution in [0.3, 0.4) is 0 Å². The Kier molecular flexibility index (Phi) is 3.79. The number of aryl methyl sites for hydroxylation is 1. The highest BCUT2D eigenvalue weighted by atomic mass is 19.1. The third-order valence-electron chi connectivity index (χ3n) is 5.23. The number of ketones is 1. The molecule has 5 nitrogen and oxygen atoms in total. The van der Waals surface area contributed by atoms with Gasteiger partial charge in [-0.25, -0.2) is 13.9 Å². The van der Waals surface area contributed by atoms with Gasteiger partial charge in [-0.2, -0.15) is 4.98 Å². The lowest BCUT2D eigenvalue weighted by Crippen LogP contribution is -2.21. The molecule has 4 aromatic rings. The Hall–Kier alpha value is -3.41. The highest BCUT2D eigenvalue weighted by Crippen LogP contribution is 2.32. The summed E-state index contributed by atoms with van der Waals surface area (Å²) in [5.74, 6) is 0.796. The predicted octanol–water partition coefficient (Wildman–Crippen LogP) is 4.15. The van der Waals surface area contributed by atoms with E-state index < -0.39 is 0 Å². The molecule has 0 N–H and O–H groups in total. The Morgan fingerprint density at radius 2 is 1.75 bits per heavy atom. The summed E-state index contributed by atoms with van der Waals surface area (Å²) in [4.78, 5) is 21.9. The Morgan fingerprint density at radius 1 is 1.00 bits per heavy atom. The molecule has 6 heteroatoms. The number of rotatable bonds is 2. The van der Waals surface area contributed by atoms with E-state index in [1.54, 1.807) is 22.8 Å². The second-order valence-electron chi connectivity index (χ2n) is 7.23. The van der Waals surface area contributed by atoms with E-state index in [1.165, 1.54) is 17.7 Å². The van der Waals surface area contributed by atoms with Gasteiger partial charge in [-0.05, 0) is 37.0 Å². The minimum atomic E-state index is -0.279. The lowest BCUT2D eigenvalue weighted by Gasteiger charge is -2.23. The molecule has 2 aromatic heterocycles. The van der Waals surface area contributed by atoms with Gasteiger partial charge in [0.1, 0.15) is 5.82 Å². The molecule has 5 rings (SSSR count). The standard InChI is InChI=1S/C22H17FN4O/c1-13-2-4-15(5-3-13)21-25-22-24-19-10-16(14-6-8-17(23)9-7-14)11-20(28)18(19)12-27(22)26-21/h2-9,12,16H,10-11H2,1H3. The second-order valence-corrected chi connectivity index (χ2v) is 7.23. The van der Waals surface area contributed by atoms with Crippen molar-refractivity contribution in [3.8, 4) is 11.4 Å². The van der Waals surface area contributed by atoms with Crippen LogP contribution in [0.4, 0.5) is 4.39 Å². The van der Waals surface area contributed by atoms with Crippen molar-refractivity contribution in [1.29, 1.82) is 0 Å². The van der Waals surface area contributed by atoms with Gasteiger partial charge in [-0.1, -0.05) is 42.0 Å². The van der Waals surface area contributed by atoms with Crippen molar-refractivity contribution in [2.24, 2.45) is 0 Å². The van der Waals surface area contributed by atoms with E-state index in [0.29, 0.717) is 30.0 Å². The van der Waals surface area contributed by atoms with E-state index >= 15 is 0 Å². The maximum absolute atomic E-state index is 13.2. The van der Waals surface area contributed by atoms with Crippen LogP contribution in [0.1, 0.15) is 39.5 Å². The maximum Gasteiger partial charge on any atom is 0.252 e. The Morgan fingerprint density at radius 3 is 2.50 bits per heavy atom. The van der Waals surface area contributed by atoms with Gasteiger partial charge in [0, 0.05) is 18.2 Å². The van der Waals surface area contributed by atoms with Crippen LogP contribution in [0.15, 0.2) is 54.7 Å². The molecular formula is C22H17FN4O. The van der Waals surface area contributed by atoms with Crippen molar-refractivity contribution in [3.05, 3.63) is 82.9 Å². The predicted molar refractivity (Wildman–Crippen MR) is 103 cm³/mol. The van der Waals surface area contributed by atoms with Crippen LogP contribution < -0.4 is 0 Å². The van der Waals surface area contributed by atoms with Gasteiger partial charge in [0.25, 0.3) is 5.78 Å². The van der Waals surface area contributed by atoms with Crippen molar-refractivity contribution in [2.75, 3.05) is 0 Å². The molecule has 1 unspecified atom stereocenters. The number of hydrogen-bond donors (Lipinski definition) is 0. The van der Waals surface area contributed by atoms with Gasteiger partial charge in [0.05, 0.1) is 11.3 Å². The normalized spacial score (nSPS) is 16.4. The van der Waals surface area contributed by atoms with E-state index in [-0.39, 0.29) is 17.5 Å². The monoisotopic (exact) mass is 372 g/mol. The molecule has 1 atom stereocenters. The molecule has 138 valence electrons. The van der Waals surface area contributed by atoms with E-state index in [1.807, 2.05) is 31.2 Å². The Bertz CT molecular complexity index is 1200. The maximum atomic E-state index is 13.2. The first-order valence-corrected chi connectivity index (χ1v) is 9.19. The van der Waals surface area contributed by atoms with Crippen molar-refractivity contribution in [1.82, 2.24) is 19.6 Å². The molecular weight excluding hydrogens is 355 g/mol. The molecule has 0 radical (unpaired) electrons. The summed E-state index contributed by atoms with van der Waals surface area (Å²) in [6, 6.07) is 14.3. The number of benzene rings is 2. The van der Waals surface area contributed by atoms with Crippen LogP contribution in [0.25, 0.3) is 17.2 Å². The summed E-state index contributed by atoms with van der Waals surface area (Å²) in [5, 5.41) is 4.49. The topological polar surface area (TPSA) is 60.1 Å². The number of carbonyl (C=O) groups excluding carboxylic acids is 1. The lowest BCUT2D eigenvalue weighted by molar-refractivity contribution is 0.0962. The zero-order valence-electron chi connectivity index (χ0n) is 15.3. The summed E-state index contributed by atoms with van der Waals surface area (Å²) >= 11 is 0. The van der Waals surface area contributed by atoms with Crippen LogP contribution >= 0.6 is 0 Å². The molecule has 0 aliphatic heterocycles. The largest absolute Gasteiger partial charge is 0.294 e. The average Bonchev–Trinajstić information content (AvgIpc) is 3.10. The molecule has 0 saturated carbocycles. The first-order chi connectivity index (χ1) is 13.6. The number of halogens is 1. The third-order valence-corrected chi connectivity index (χ3v) is 5.23. The molecule has 0 fully saturated rings. The fourth-order valence-corrected chi connectivity index (χ4v) is 3.68. The van der Waals surface area contributed by atoms with Crippen LogP contribution in [0.5, 0.6) is 0 Å². The number of nitrogens with zero attached hydrogens (tertiary/aromatic N) is 4. The fourth-order valence-electron chi connectivity index (χ4n) is 3.68. The fraction of sp³-hybridized carbons (Fsp3) is 0.182. The zero-order chi connectivity index (χ0) is 19.3. The summed E-state index contributed by atoms with van der Waals surface area (Å²) in [5.41, 5.74) is 4.33. The zero-order valence-corrected chi connectivity index (χ0v) is 15.3. The van der Waals surface area contributed by atoms with E-state index in [2.05, 4.69) is 15.1 Å². The Balaban J connectivity index is 1.53. The van der Waals surface area contributed by atoms with Crippen molar-refractivity contribution >= 4 is 11.6 Å². The number of carbonyl (C=O) groups is 1. The minimum absolute atomic E-state index is 0.00459. The SMILES string of the molecule is Cc1ccc(-c2nc3nc4c(cn3n2)C(=O)CC(c2ccc(F)cc2)C4)cc1. The molecule has 0 saturated heterocycles. The first kappa shape index (κ1) is 16.7. The van der Waals surface area contributed by atoms with Crippen molar-refractivity contribution in [3.63, 3.8) is 0 Å². The average molecular weight is 372 g/mol. The molecule has 1 aliphatic rings. The van der Waals surface area contributed by atoms with Gasteiger partial charge in [-0.15, -0.1) is 5.10 Å². The number of aromatic nitrogens is 4. The third kappa shape index (κ3) is 2.87. The molecule has 0 amide bonds. The van der Waals surface area contributed by atoms with Gasteiger partial charge in [-0.3, -0.25) is 4.79 Å². The molecule has 2 aromatic carbocycles. The second kappa shape index (κ2) is 6.34. The molecule has 28 heavy (non-hydrogen) atoms. The highest BCUT2D eigenvalue weighted by molar-refractivity contribution is 5.98. The summed E-state index contributed by atoms with van der Waals surface area (Å²) in [6.45, 7) is 2.03. The number of Topliss-reactive ketones (excluding diaryl/α,β-unsaturated/α-hetero) is 1. The van der Waals surface area contributed by atoms with Gasteiger partial charge in [0.15, 0.2) is 11.6 Å². The quantitative estimate of drug-likeness (QED) is 0.530. The first-order valence-electron chi connectivity index (χ1n) is 9.19. The van der Waals surface area contributed by atoms with Crippen LogP contribution in [-0.4, -0.2) is 25.4 Å². The van der Waals surface area contributed by atoms with Crippen molar-refractivity contribution < 1.29 is 9.18 Å². The smallest absolute Gasteiger partial charge is 0.252 e. The van der Waals surface area contributed by atoms with Crippen LogP contribution in [-0.2, 0) is 6.42 Å². The van der Waals surface area contributed by atoms with Gasteiger partial charge >= 0.3 is 0 Å². The van der Waals surface area contributed by atoms with Gasteiger partial charge in [0.2, 0.25) is 0 Å². The highest BCUT2D eigenvalue weighted by Gasteiger charge is 2.28. The number of fused-ring (bicyclic) bond motifs is 2. The molecule has 0 bridgehead atoms. The van der Waals surface area contributed by atoms with Crippen LogP contribution in [0, 0.1) is 12.7 Å². The number of hydrogen-bond acceptors (Lipinski definition) is 4. The summed E-state index contributed by atoms with van der Waals surface area (Å²) in [6.07, 6.45) is 2.73.